The number of para-hydroxylation sites is 1. The Hall–Kier alpha value is -2.63. The summed E-state index contributed by atoms with van der Waals surface area (Å²) >= 11 is 0. The molecular formula is C23H31N3O5. The van der Waals surface area contributed by atoms with Gasteiger partial charge in [-0.15, -0.1) is 0 Å². The van der Waals surface area contributed by atoms with Crippen LogP contribution in [0.15, 0.2) is 18.2 Å². The lowest BCUT2D eigenvalue weighted by molar-refractivity contribution is -0.146. The molecule has 168 valence electrons. The minimum atomic E-state index is -0.356. The zero-order valence-corrected chi connectivity index (χ0v) is 18.7. The van der Waals surface area contributed by atoms with E-state index in [9.17, 15) is 14.9 Å². The summed E-state index contributed by atoms with van der Waals surface area (Å²) in [5, 5.41) is 9.57. The summed E-state index contributed by atoms with van der Waals surface area (Å²) < 4.78 is 17.9. The zero-order chi connectivity index (χ0) is 22.5. The van der Waals surface area contributed by atoms with E-state index in [4.69, 9.17) is 14.2 Å². The van der Waals surface area contributed by atoms with E-state index in [0.29, 0.717) is 12.1 Å². The first kappa shape index (κ1) is 23.0. The van der Waals surface area contributed by atoms with E-state index in [1.807, 2.05) is 6.92 Å². The number of carbonyl (C=O) groups is 2. The molecule has 0 aromatic heterocycles. The Morgan fingerprint density at radius 3 is 2.65 bits per heavy atom. The van der Waals surface area contributed by atoms with Crippen LogP contribution >= 0.6 is 0 Å². The molecule has 31 heavy (non-hydrogen) atoms. The van der Waals surface area contributed by atoms with Crippen LogP contribution in [0.3, 0.4) is 0 Å². The Bertz CT molecular complexity index is 852. The lowest BCUT2D eigenvalue weighted by Gasteiger charge is -2.36. The first-order chi connectivity index (χ1) is 14.8. The number of fused-ring (bicyclic) bond motifs is 3. The quantitative estimate of drug-likeness (QED) is 0.679. The fraction of sp³-hybridized carbons (Fsp3) is 0.609. The zero-order valence-electron chi connectivity index (χ0n) is 18.7. The molecule has 1 aromatic rings. The predicted octanol–water partition coefficient (Wildman–Crippen LogP) is 2.07. The maximum Gasteiger partial charge on any atom is 0.257 e. The smallest absolute Gasteiger partial charge is 0.257 e. The Morgan fingerprint density at radius 2 is 1.94 bits per heavy atom. The van der Waals surface area contributed by atoms with Crippen LogP contribution in [0.1, 0.15) is 42.1 Å². The predicted molar refractivity (Wildman–Crippen MR) is 114 cm³/mol. The number of ether oxygens (including phenoxy) is 3. The minimum absolute atomic E-state index is 0.00864. The van der Waals surface area contributed by atoms with Crippen LogP contribution in [-0.2, 0) is 14.3 Å². The van der Waals surface area contributed by atoms with Crippen LogP contribution in [0.4, 0.5) is 0 Å². The van der Waals surface area contributed by atoms with E-state index >= 15 is 0 Å². The number of hydrogen-bond acceptors (Lipinski definition) is 6. The van der Waals surface area contributed by atoms with Crippen LogP contribution in [-0.4, -0.2) is 80.8 Å². The number of nitrogens with zero attached hydrogens (tertiary/aromatic N) is 3. The monoisotopic (exact) mass is 429 g/mol. The van der Waals surface area contributed by atoms with Gasteiger partial charge in [0.25, 0.3) is 5.91 Å². The highest BCUT2D eigenvalue weighted by Gasteiger charge is 2.33. The third-order valence-electron chi connectivity index (χ3n) is 6.09. The fourth-order valence-electron chi connectivity index (χ4n) is 4.28. The maximum absolute atomic E-state index is 13.2. The van der Waals surface area contributed by atoms with Crippen LogP contribution in [0.2, 0.25) is 0 Å². The molecule has 0 aliphatic carbocycles. The fourth-order valence-corrected chi connectivity index (χ4v) is 4.28. The van der Waals surface area contributed by atoms with Gasteiger partial charge < -0.3 is 24.0 Å². The third kappa shape index (κ3) is 5.17. The summed E-state index contributed by atoms with van der Waals surface area (Å²) in [5.41, 5.74) is 0.583. The average molecular weight is 430 g/mol. The first-order valence-electron chi connectivity index (χ1n) is 10.7. The molecule has 2 aliphatic rings. The van der Waals surface area contributed by atoms with Gasteiger partial charge in [0.1, 0.15) is 24.5 Å². The highest BCUT2D eigenvalue weighted by molar-refractivity contribution is 5.97. The van der Waals surface area contributed by atoms with Gasteiger partial charge in [-0.25, -0.2) is 0 Å². The Kier molecular flexibility index (Phi) is 7.52. The third-order valence-corrected chi connectivity index (χ3v) is 6.09. The van der Waals surface area contributed by atoms with Crippen LogP contribution in [0.25, 0.3) is 0 Å². The van der Waals surface area contributed by atoms with Gasteiger partial charge in [-0.3, -0.25) is 9.59 Å². The second-order valence-electron chi connectivity index (χ2n) is 8.39. The van der Waals surface area contributed by atoms with E-state index in [-0.39, 0.29) is 60.5 Å². The summed E-state index contributed by atoms with van der Waals surface area (Å²) in [7, 11) is 5.09. The number of rotatable bonds is 1. The van der Waals surface area contributed by atoms with Gasteiger partial charge in [-0.05, 0) is 31.4 Å². The molecule has 3 rings (SSSR count). The van der Waals surface area contributed by atoms with Crippen molar-refractivity contribution in [2.24, 2.45) is 5.92 Å². The highest BCUT2D eigenvalue weighted by Crippen LogP contribution is 2.29. The Balaban J connectivity index is 1.96. The summed E-state index contributed by atoms with van der Waals surface area (Å²) in [6.45, 7) is 2.84. The number of hydrogen-bond donors (Lipinski definition) is 0. The minimum Gasteiger partial charge on any atom is -0.489 e. The molecule has 0 unspecified atom stereocenters. The maximum atomic E-state index is 13.2. The van der Waals surface area contributed by atoms with Crippen molar-refractivity contribution in [2.75, 3.05) is 40.9 Å². The molecule has 1 saturated heterocycles. The van der Waals surface area contributed by atoms with E-state index in [2.05, 4.69) is 6.07 Å². The van der Waals surface area contributed by atoms with Crippen LogP contribution in [0, 0.1) is 17.2 Å². The highest BCUT2D eigenvalue weighted by atomic mass is 16.6. The Labute approximate surface area is 183 Å². The van der Waals surface area contributed by atoms with Crippen molar-refractivity contribution >= 4 is 11.8 Å². The molecule has 0 spiro atoms. The first-order valence-corrected chi connectivity index (χ1v) is 10.7. The summed E-state index contributed by atoms with van der Waals surface area (Å²) in [6.07, 6.45) is 1.90. The van der Waals surface area contributed by atoms with Crippen molar-refractivity contribution in [3.8, 4) is 11.8 Å². The van der Waals surface area contributed by atoms with Crippen LogP contribution < -0.4 is 4.74 Å². The second-order valence-corrected chi connectivity index (χ2v) is 8.39. The molecule has 2 aliphatic heterocycles. The largest absolute Gasteiger partial charge is 0.489 e. The topological polar surface area (TPSA) is 92.1 Å². The molecule has 4 atom stereocenters. The molecule has 0 radical (unpaired) electrons. The lowest BCUT2D eigenvalue weighted by Crippen LogP contribution is -2.45. The summed E-state index contributed by atoms with van der Waals surface area (Å²) in [5.74, 6) is -0.423. The molecule has 2 amide bonds. The van der Waals surface area contributed by atoms with E-state index in [0.717, 1.165) is 19.3 Å². The number of benzene rings is 1. The Morgan fingerprint density at radius 1 is 1.16 bits per heavy atom. The van der Waals surface area contributed by atoms with Crippen molar-refractivity contribution in [1.29, 1.82) is 5.26 Å². The number of methoxy groups -OCH3 is 1. The van der Waals surface area contributed by atoms with Gasteiger partial charge in [0, 0.05) is 34.3 Å². The summed E-state index contributed by atoms with van der Waals surface area (Å²) in [6, 6.07) is 7.04. The standard InChI is InChI=1S/C23H31N3O5/c1-15-13-26(3)23(28)18-7-5-6-16(12-24)21(18)30-14-20-19(29-4)9-8-17(31-20)10-11-25(2)22(15)27/h5-7,15,17,19-20H,8-11,13-14H2,1-4H3/t15-,17+,19+,20+/m0/s1. The number of nitriles is 1. The van der Waals surface area contributed by atoms with E-state index in [1.54, 1.807) is 44.3 Å². The van der Waals surface area contributed by atoms with Gasteiger partial charge >= 0.3 is 0 Å². The average Bonchev–Trinajstić information content (AvgIpc) is 2.79. The van der Waals surface area contributed by atoms with Gasteiger partial charge in [-0.1, -0.05) is 13.0 Å². The van der Waals surface area contributed by atoms with Crippen molar-refractivity contribution in [1.82, 2.24) is 9.80 Å². The SMILES string of the molecule is CO[C@@H]1CC[C@@H]2CCN(C)C(=O)[C@@H](C)CN(C)C(=O)c3cccc(C#N)c3OC[C@H]1O2. The molecule has 2 heterocycles. The molecule has 8 heteroatoms. The lowest BCUT2D eigenvalue weighted by atomic mass is 9.99. The van der Waals surface area contributed by atoms with Crippen molar-refractivity contribution in [2.45, 2.75) is 44.5 Å². The van der Waals surface area contributed by atoms with Crippen molar-refractivity contribution in [3.63, 3.8) is 0 Å². The van der Waals surface area contributed by atoms with Gasteiger partial charge in [0.15, 0.2) is 0 Å². The van der Waals surface area contributed by atoms with E-state index in [1.165, 1.54) is 4.90 Å². The summed E-state index contributed by atoms with van der Waals surface area (Å²) in [4.78, 5) is 29.2. The molecule has 1 aromatic carbocycles. The number of carbonyl (C=O) groups excluding carboxylic acids is 2. The number of amides is 2. The van der Waals surface area contributed by atoms with Crippen LogP contribution in [0.5, 0.6) is 5.75 Å². The van der Waals surface area contributed by atoms with E-state index < -0.39 is 0 Å². The molecule has 2 bridgehead atoms. The second kappa shape index (κ2) is 10.1. The molecule has 0 saturated carbocycles. The van der Waals surface area contributed by atoms with Crippen molar-refractivity contribution in [3.05, 3.63) is 29.3 Å². The molecule has 8 nitrogen and oxygen atoms in total. The molecule has 0 N–H and O–H groups in total. The normalized spacial score (nSPS) is 28.1. The molecule has 1 fully saturated rings. The van der Waals surface area contributed by atoms with Gasteiger partial charge in [0.05, 0.1) is 29.3 Å². The van der Waals surface area contributed by atoms with Crippen molar-refractivity contribution < 1.29 is 23.8 Å². The van der Waals surface area contributed by atoms with Gasteiger partial charge in [-0.2, -0.15) is 5.26 Å². The molecular weight excluding hydrogens is 398 g/mol. The van der Waals surface area contributed by atoms with Gasteiger partial charge in [0.2, 0.25) is 5.91 Å².